The van der Waals surface area contributed by atoms with E-state index in [1.807, 2.05) is 0 Å². The second-order valence-corrected chi connectivity index (χ2v) is 12.3. The van der Waals surface area contributed by atoms with Crippen molar-refractivity contribution in [3.05, 3.63) is 76.0 Å². The number of carbonyl (C=O) groups is 3. The number of amides is 2. The normalized spacial score (nSPS) is 17.1. The second kappa shape index (κ2) is 16.4. The van der Waals surface area contributed by atoms with Crippen molar-refractivity contribution >= 4 is 30.1 Å². The van der Waals surface area contributed by atoms with Crippen LogP contribution in [0.2, 0.25) is 0 Å². The second-order valence-electron chi connectivity index (χ2n) is 12.3. The molecule has 2 amide bonds. The van der Waals surface area contributed by atoms with Crippen molar-refractivity contribution in [2.75, 3.05) is 59.5 Å². The number of quaternary nitrogens is 1. The Labute approximate surface area is 283 Å². The summed E-state index contributed by atoms with van der Waals surface area (Å²) >= 11 is 0. The molecule has 3 N–H and O–H groups in total. The van der Waals surface area contributed by atoms with Crippen LogP contribution in [0.5, 0.6) is 0 Å². The lowest BCUT2D eigenvalue weighted by atomic mass is 9.87. The fourth-order valence-electron chi connectivity index (χ4n) is 6.17. The van der Waals surface area contributed by atoms with Crippen LogP contribution in [-0.2, 0) is 36.4 Å². The van der Waals surface area contributed by atoms with Gasteiger partial charge in [0.15, 0.2) is 0 Å². The topological polar surface area (TPSA) is 159 Å². The lowest BCUT2D eigenvalue weighted by molar-refractivity contribution is -0.893. The number of nitriles is 1. The number of hydrogen-bond acceptors (Lipinski definition) is 8. The predicted octanol–water partition coefficient (Wildman–Crippen LogP) is 4.74. The zero-order chi connectivity index (χ0) is 36.5. The maximum atomic E-state index is 13.6. The number of nitrogens with zero attached hydrogens (tertiary/aromatic N) is 4. The van der Waals surface area contributed by atoms with E-state index in [-0.39, 0.29) is 17.0 Å². The Bertz CT molecular complexity index is 1610. The molecule has 2 aliphatic rings. The van der Waals surface area contributed by atoms with Gasteiger partial charge in [-0.25, -0.2) is 9.59 Å². The molecule has 2 aromatic carbocycles. The molecule has 0 aromatic heterocycles. The van der Waals surface area contributed by atoms with Gasteiger partial charge in [-0.1, -0.05) is 12.1 Å². The maximum Gasteiger partial charge on any atom is 0.416 e. The van der Waals surface area contributed by atoms with Gasteiger partial charge in [-0.2, -0.15) is 18.4 Å². The van der Waals surface area contributed by atoms with Crippen molar-refractivity contribution < 1.29 is 46.2 Å². The lowest BCUT2D eigenvalue weighted by Gasteiger charge is -2.43. The van der Waals surface area contributed by atoms with Gasteiger partial charge in [0.05, 0.1) is 64.2 Å². The molecule has 0 spiro atoms. The Morgan fingerprint density at radius 3 is 2.37 bits per heavy atom. The summed E-state index contributed by atoms with van der Waals surface area (Å²) in [6.45, 7) is 4.89. The highest BCUT2D eigenvalue weighted by molar-refractivity contribution is 6.10. The van der Waals surface area contributed by atoms with E-state index in [2.05, 4.69) is 24.9 Å². The third-order valence-corrected chi connectivity index (χ3v) is 8.51. The van der Waals surface area contributed by atoms with Crippen LogP contribution in [0.4, 0.5) is 23.7 Å². The summed E-state index contributed by atoms with van der Waals surface area (Å²) in [5.41, 5.74) is 6.27. The molecule has 4 rings (SSSR count). The number of anilines is 1. The molecule has 15 heteroatoms. The number of ether oxygens (including phenoxy) is 3. The number of halogens is 3. The summed E-state index contributed by atoms with van der Waals surface area (Å²) in [5, 5.41) is 18.7. The largest absolute Gasteiger partial charge is 0.471 e. The fraction of sp³-hybridized carbons (Fsp3) is 0.441. The van der Waals surface area contributed by atoms with Crippen LogP contribution in [0.15, 0.2) is 53.7 Å². The van der Waals surface area contributed by atoms with Crippen molar-refractivity contribution in [2.24, 2.45) is 11.7 Å². The predicted molar refractivity (Wildman–Crippen MR) is 174 cm³/mol. The fourth-order valence-corrected chi connectivity index (χ4v) is 6.17. The number of urea groups is 1. The Morgan fingerprint density at radius 2 is 1.82 bits per heavy atom. The van der Waals surface area contributed by atoms with Gasteiger partial charge in [-0.15, -0.1) is 0 Å². The summed E-state index contributed by atoms with van der Waals surface area (Å²) in [4.78, 5) is 37.3. The minimum absolute atomic E-state index is 0.0772. The molecule has 2 aliphatic heterocycles. The standard InChI is InChI=1S/C32H37F3N6O4.C2H4O2/c1-20-27(29(42)44-4)28(40(31(38)43)30(37)39(20)25-7-5-6-24(17-25)32(33,34)35)26-9-8-22(18-36)16-23(26)10-13-41(2,3)19-21-11-14-45-15-12-21;1-4-2-3/h5-9,16-17,21,28,37H,10-15,19H2,1-4H3,(H-,38,43);2H,1H3/p+1/t28-;/m1./s1. The highest BCUT2D eigenvalue weighted by Gasteiger charge is 2.45. The summed E-state index contributed by atoms with van der Waals surface area (Å²) in [6.07, 6.45) is -2.26. The molecule has 1 atom stereocenters. The number of likely N-dealkylation sites (N-methyl/N-ethyl adjacent to an activating group) is 1. The summed E-state index contributed by atoms with van der Waals surface area (Å²) < 4.78 is 55.9. The van der Waals surface area contributed by atoms with Crippen molar-refractivity contribution in [1.29, 1.82) is 10.7 Å². The van der Waals surface area contributed by atoms with Crippen LogP contribution in [0, 0.1) is 22.7 Å². The number of nitrogens with one attached hydrogen (secondary N) is 1. The molecule has 0 aliphatic carbocycles. The Kier molecular flexibility index (Phi) is 12.9. The molecule has 2 heterocycles. The van der Waals surface area contributed by atoms with Gasteiger partial charge in [0, 0.05) is 36.9 Å². The molecular weight excluding hydrogens is 645 g/mol. The number of guanidine groups is 1. The van der Waals surface area contributed by atoms with Gasteiger partial charge < -0.3 is 24.4 Å². The van der Waals surface area contributed by atoms with Crippen LogP contribution in [0.3, 0.4) is 0 Å². The van der Waals surface area contributed by atoms with Gasteiger partial charge in [0.25, 0.3) is 6.47 Å². The number of nitrogens with two attached hydrogens (primary N) is 1. The summed E-state index contributed by atoms with van der Waals surface area (Å²) in [7, 11) is 6.70. The molecule has 1 fully saturated rings. The number of carbonyl (C=O) groups excluding carboxylic acids is 3. The summed E-state index contributed by atoms with van der Waals surface area (Å²) in [5.74, 6) is -0.886. The van der Waals surface area contributed by atoms with Crippen LogP contribution in [-0.4, -0.2) is 88.4 Å². The van der Waals surface area contributed by atoms with E-state index in [1.165, 1.54) is 26.2 Å². The van der Waals surface area contributed by atoms with Gasteiger partial charge in [-0.05, 0) is 61.2 Å². The Balaban J connectivity index is 0.00000154. The zero-order valence-electron chi connectivity index (χ0n) is 28.2. The first-order valence-electron chi connectivity index (χ1n) is 15.4. The molecule has 0 saturated carbocycles. The van der Waals surface area contributed by atoms with E-state index < -0.39 is 35.7 Å². The Morgan fingerprint density at radius 1 is 1.16 bits per heavy atom. The van der Waals surface area contributed by atoms with Gasteiger partial charge >= 0.3 is 18.2 Å². The number of benzene rings is 2. The molecule has 1 saturated heterocycles. The smallest absolute Gasteiger partial charge is 0.416 e. The van der Waals surface area contributed by atoms with E-state index in [4.69, 9.17) is 25.4 Å². The number of methoxy groups -OCH3 is 2. The first kappa shape index (κ1) is 38.5. The first-order valence-corrected chi connectivity index (χ1v) is 15.4. The van der Waals surface area contributed by atoms with Crippen molar-refractivity contribution in [2.45, 2.75) is 38.4 Å². The van der Waals surface area contributed by atoms with E-state index >= 15 is 0 Å². The average Bonchev–Trinajstić information content (AvgIpc) is 3.06. The maximum absolute atomic E-state index is 13.6. The molecular formula is C34H42F3N6O6+. The van der Waals surface area contributed by atoms with Gasteiger partial charge in [-0.3, -0.25) is 20.0 Å². The quantitative estimate of drug-likeness (QED) is 0.217. The van der Waals surface area contributed by atoms with Gasteiger partial charge in [0.2, 0.25) is 5.96 Å². The minimum atomic E-state index is -4.67. The SMILES string of the molecule is COC(=O)C1=C(C)N(c2cccc(C(F)(F)F)c2)C(=N)N(C(N)=O)[C@@H]1c1ccc(C#N)cc1CC[N+](C)(C)CC1CCOCC1.COC=O. The molecule has 0 bridgehead atoms. The lowest BCUT2D eigenvalue weighted by Crippen LogP contribution is -2.55. The molecule has 12 nitrogen and oxygen atoms in total. The van der Waals surface area contributed by atoms with Crippen molar-refractivity contribution in [3.63, 3.8) is 0 Å². The molecule has 49 heavy (non-hydrogen) atoms. The van der Waals surface area contributed by atoms with Crippen LogP contribution < -0.4 is 10.6 Å². The number of primary amides is 1. The van der Waals surface area contributed by atoms with Crippen molar-refractivity contribution in [3.8, 4) is 6.07 Å². The minimum Gasteiger partial charge on any atom is -0.471 e. The summed E-state index contributed by atoms with van der Waals surface area (Å²) in [6, 6.07) is 8.89. The highest BCUT2D eigenvalue weighted by Crippen LogP contribution is 2.42. The molecule has 0 unspecified atom stereocenters. The van der Waals surface area contributed by atoms with E-state index in [0.717, 1.165) is 61.6 Å². The van der Waals surface area contributed by atoms with Crippen molar-refractivity contribution in [1.82, 2.24) is 4.90 Å². The third-order valence-electron chi connectivity index (χ3n) is 8.51. The molecule has 2 aromatic rings. The third kappa shape index (κ3) is 9.36. The van der Waals surface area contributed by atoms with Crippen LogP contribution in [0.25, 0.3) is 0 Å². The van der Waals surface area contributed by atoms with E-state index in [1.54, 1.807) is 18.2 Å². The number of allylic oxidation sites excluding steroid dienone is 1. The van der Waals surface area contributed by atoms with E-state index in [0.29, 0.717) is 46.5 Å². The van der Waals surface area contributed by atoms with E-state index in [9.17, 15) is 28.0 Å². The first-order chi connectivity index (χ1) is 23.1. The Hall–Kier alpha value is -4.94. The number of alkyl halides is 3. The molecule has 0 radical (unpaired) electrons. The average molecular weight is 688 g/mol. The van der Waals surface area contributed by atoms with Crippen LogP contribution >= 0.6 is 0 Å². The number of rotatable bonds is 9. The monoisotopic (exact) mass is 687 g/mol. The number of hydrogen-bond donors (Lipinski definition) is 2. The number of esters is 1. The van der Waals surface area contributed by atoms with Gasteiger partial charge in [0.1, 0.15) is 6.04 Å². The zero-order valence-corrected chi connectivity index (χ0v) is 28.2. The highest BCUT2D eigenvalue weighted by atomic mass is 19.4. The molecule has 264 valence electrons. The van der Waals surface area contributed by atoms with Crippen LogP contribution in [0.1, 0.15) is 48.1 Å².